The molecule has 0 aliphatic rings. The molecule has 0 aromatic heterocycles. The number of aliphatic hydroxyl groups is 2. The van der Waals surface area contributed by atoms with E-state index in [0.717, 1.165) is 12.8 Å². The lowest BCUT2D eigenvalue weighted by Crippen LogP contribution is -2.40. The van der Waals surface area contributed by atoms with Gasteiger partial charge in [-0.2, -0.15) is 0 Å². The Morgan fingerprint density at radius 3 is 1.83 bits per heavy atom. The Bertz CT molecular complexity index is 209. The van der Waals surface area contributed by atoms with Crippen LogP contribution in [0.2, 0.25) is 0 Å². The first-order valence-electron chi connectivity index (χ1n) is 7.55. The molecule has 2 nitrogen and oxygen atoms in total. The Morgan fingerprint density at radius 2 is 1.39 bits per heavy atom. The van der Waals surface area contributed by atoms with E-state index < -0.39 is 11.7 Å². The molecule has 0 bridgehead atoms. The van der Waals surface area contributed by atoms with E-state index in [1.54, 1.807) is 6.92 Å². The Labute approximate surface area is 114 Å². The van der Waals surface area contributed by atoms with Crippen LogP contribution in [-0.4, -0.2) is 21.9 Å². The first-order chi connectivity index (χ1) is 8.15. The van der Waals surface area contributed by atoms with E-state index in [4.69, 9.17) is 0 Å². The lowest BCUT2D eigenvalue weighted by molar-refractivity contribution is -0.0783. The molecule has 2 N–H and O–H groups in total. The molecule has 0 heterocycles. The first kappa shape index (κ1) is 17.9. The first-order valence-corrected chi connectivity index (χ1v) is 7.55. The molecule has 0 spiro atoms. The molecule has 3 unspecified atom stereocenters. The highest BCUT2D eigenvalue weighted by atomic mass is 16.3. The van der Waals surface area contributed by atoms with E-state index in [1.807, 2.05) is 0 Å². The van der Waals surface area contributed by atoms with Crippen molar-refractivity contribution in [2.45, 2.75) is 85.4 Å². The topological polar surface area (TPSA) is 40.5 Å². The quantitative estimate of drug-likeness (QED) is 0.656. The Balaban J connectivity index is 4.07. The second-order valence-electron chi connectivity index (χ2n) is 7.12. The molecule has 2 heteroatoms. The van der Waals surface area contributed by atoms with Crippen LogP contribution in [-0.2, 0) is 0 Å². The van der Waals surface area contributed by atoms with Gasteiger partial charge in [-0.05, 0) is 43.9 Å². The van der Waals surface area contributed by atoms with E-state index in [0.29, 0.717) is 30.6 Å². The zero-order valence-corrected chi connectivity index (χ0v) is 13.2. The average molecular weight is 258 g/mol. The summed E-state index contributed by atoms with van der Waals surface area (Å²) in [7, 11) is 0. The van der Waals surface area contributed by atoms with Gasteiger partial charge in [-0.1, -0.05) is 47.5 Å². The van der Waals surface area contributed by atoms with Crippen LogP contribution in [0.4, 0.5) is 0 Å². The number of aliphatic hydroxyl groups excluding tert-OH is 1. The second kappa shape index (κ2) is 8.16. The number of rotatable bonds is 9. The van der Waals surface area contributed by atoms with Crippen molar-refractivity contribution in [2.75, 3.05) is 0 Å². The van der Waals surface area contributed by atoms with E-state index in [9.17, 15) is 10.2 Å². The smallest absolute Gasteiger partial charge is 0.0877 e. The molecule has 0 aliphatic heterocycles. The predicted octanol–water partition coefficient (Wildman–Crippen LogP) is 4.00. The van der Waals surface area contributed by atoms with Gasteiger partial charge in [0.1, 0.15) is 0 Å². The fourth-order valence-corrected chi connectivity index (χ4v) is 2.12. The van der Waals surface area contributed by atoms with Crippen molar-refractivity contribution in [3.8, 4) is 0 Å². The Kier molecular flexibility index (Phi) is 8.13. The fourth-order valence-electron chi connectivity index (χ4n) is 2.12. The van der Waals surface area contributed by atoms with E-state index in [-0.39, 0.29) is 0 Å². The molecule has 0 rings (SSSR count). The summed E-state index contributed by atoms with van der Waals surface area (Å²) < 4.78 is 0. The van der Waals surface area contributed by atoms with Gasteiger partial charge in [0.25, 0.3) is 0 Å². The molecule has 0 aliphatic carbocycles. The van der Waals surface area contributed by atoms with Crippen LogP contribution in [0.3, 0.4) is 0 Å². The summed E-state index contributed by atoms with van der Waals surface area (Å²) in [6, 6.07) is 0. The van der Waals surface area contributed by atoms with Crippen molar-refractivity contribution in [3.05, 3.63) is 0 Å². The van der Waals surface area contributed by atoms with Gasteiger partial charge < -0.3 is 10.2 Å². The fraction of sp³-hybridized carbons (Fsp3) is 1.00. The average Bonchev–Trinajstić information content (AvgIpc) is 2.23. The van der Waals surface area contributed by atoms with Crippen molar-refractivity contribution in [1.29, 1.82) is 0 Å². The van der Waals surface area contributed by atoms with Gasteiger partial charge >= 0.3 is 0 Å². The summed E-state index contributed by atoms with van der Waals surface area (Å²) >= 11 is 0. The van der Waals surface area contributed by atoms with Crippen LogP contribution in [0, 0.1) is 17.8 Å². The maximum atomic E-state index is 10.3. The van der Waals surface area contributed by atoms with Crippen LogP contribution in [0.15, 0.2) is 0 Å². The Hall–Kier alpha value is -0.0800. The molecule has 0 saturated carbocycles. The molecule has 0 amide bonds. The van der Waals surface area contributed by atoms with Gasteiger partial charge in [0.15, 0.2) is 0 Å². The maximum Gasteiger partial charge on any atom is 0.0877 e. The van der Waals surface area contributed by atoms with Crippen LogP contribution < -0.4 is 0 Å². The zero-order valence-electron chi connectivity index (χ0n) is 13.2. The minimum Gasteiger partial charge on any atom is -0.390 e. The monoisotopic (exact) mass is 258 g/mol. The molecule has 0 saturated heterocycles. The maximum absolute atomic E-state index is 10.3. The summed E-state index contributed by atoms with van der Waals surface area (Å²) in [6.07, 6.45) is 4.08. The van der Waals surface area contributed by atoms with Crippen molar-refractivity contribution >= 4 is 0 Å². The van der Waals surface area contributed by atoms with Crippen LogP contribution in [0.5, 0.6) is 0 Å². The molecule has 0 radical (unpaired) electrons. The summed E-state index contributed by atoms with van der Waals surface area (Å²) in [6.45, 7) is 12.7. The van der Waals surface area contributed by atoms with Crippen LogP contribution in [0.1, 0.15) is 73.6 Å². The van der Waals surface area contributed by atoms with Gasteiger partial charge in [0.05, 0.1) is 11.7 Å². The standard InChI is InChI=1S/C16H34O2/c1-12(2)7-8-14(5)11-15(17)16(6,18)10-9-13(3)4/h12-15,17-18H,7-11H2,1-6H3. The molecule has 3 atom stereocenters. The molecular formula is C16H34O2. The van der Waals surface area contributed by atoms with E-state index >= 15 is 0 Å². The van der Waals surface area contributed by atoms with Gasteiger partial charge in [0.2, 0.25) is 0 Å². The van der Waals surface area contributed by atoms with Gasteiger partial charge in [0, 0.05) is 0 Å². The lowest BCUT2D eigenvalue weighted by Gasteiger charge is -2.31. The summed E-state index contributed by atoms with van der Waals surface area (Å²) in [5, 5.41) is 20.5. The Morgan fingerprint density at radius 1 is 0.889 bits per heavy atom. The molecule has 110 valence electrons. The molecule has 0 fully saturated rings. The van der Waals surface area contributed by atoms with E-state index in [2.05, 4.69) is 34.6 Å². The summed E-state index contributed by atoms with van der Waals surface area (Å²) in [4.78, 5) is 0. The molecule has 18 heavy (non-hydrogen) atoms. The lowest BCUT2D eigenvalue weighted by atomic mass is 9.84. The van der Waals surface area contributed by atoms with Crippen molar-refractivity contribution in [3.63, 3.8) is 0 Å². The third kappa shape index (κ3) is 8.10. The van der Waals surface area contributed by atoms with E-state index in [1.165, 1.54) is 6.42 Å². The number of hydrogen-bond acceptors (Lipinski definition) is 2. The van der Waals surface area contributed by atoms with Crippen molar-refractivity contribution in [2.24, 2.45) is 17.8 Å². The highest BCUT2D eigenvalue weighted by molar-refractivity contribution is 4.83. The minimum atomic E-state index is -0.934. The van der Waals surface area contributed by atoms with Crippen LogP contribution >= 0.6 is 0 Å². The van der Waals surface area contributed by atoms with Crippen LogP contribution in [0.25, 0.3) is 0 Å². The molecule has 0 aromatic carbocycles. The largest absolute Gasteiger partial charge is 0.390 e. The highest BCUT2D eigenvalue weighted by Gasteiger charge is 2.31. The number of hydrogen-bond donors (Lipinski definition) is 2. The molecule has 0 aromatic rings. The minimum absolute atomic E-state index is 0.480. The van der Waals surface area contributed by atoms with Gasteiger partial charge in [-0.3, -0.25) is 0 Å². The van der Waals surface area contributed by atoms with Crippen molar-refractivity contribution in [1.82, 2.24) is 0 Å². The zero-order chi connectivity index (χ0) is 14.3. The second-order valence-corrected chi connectivity index (χ2v) is 7.12. The SMILES string of the molecule is CC(C)CCC(C)CC(O)C(C)(O)CCC(C)C. The van der Waals surface area contributed by atoms with Crippen molar-refractivity contribution < 1.29 is 10.2 Å². The highest BCUT2D eigenvalue weighted by Crippen LogP contribution is 2.26. The van der Waals surface area contributed by atoms with Gasteiger partial charge in [-0.25, -0.2) is 0 Å². The summed E-state index contributed by atoms with van der Waals surface area (Å²) in [5.74, 6) is 1.76. The predicted molar refractivity (Wildman–Crippen MR) is 78.6 cm³/mol. The summed E-state index contributed by atoms with van der Waals surface area (Å²) in [5.41, 5.74) is -0.934. The van der Waals surface area contributed by atoms with Gasteiger partial charge in [-0.15, -0.1) is 0 Å². The molecular weight excluding hydrogens is 224 g/mol. The normalized spacial score (nSPS) is 19.0. The third-order valence-corrected chi connectivity index (χ3v) is 3.81. The third-order valence-electron chi connectivity index (χ3n) is 3.81.